The first-order valence-corrected chi connectivity index (χ1v) is 8.00. The Morgan fingerprint density at radius 3 is 2.42 bits per heavy atom. The average molecular weight is 353 g/mol. The van der Waals surface area contributed by atoms with Crippen molar-refractivity contribution in [2.75, 3.05) is 19.5 Å². The Kier molecular flexibility index (Phi) is 5.17. The third kappa shape index (κ3) is 3.83. The van der Waals surface area contributed by atoms with E-state index in [1.165, 1.54) is 6.92 Å². The van der Waals surface area contributed by atoms with Crippen LogP contribution in [0.3, 0.4) is 0 Å². The number of anilines is 1. The van der Waals surface area contributed by atoms with Gasteiger partial charge in [0, 0.05) is 16.8 Å². The minimum absolute atomic E-state index is 0.0352. The summed E-state index contributed by atoms with van der Waals surface area (Å²) in [7, 11) is 3.15. The second kappa shape index (κ2) is 7.69. The van der Waals surface area contributed by atoms with Crippen LogP contribution in [0.4, 0.5) is 5.69 Å². The molecule has 1 N–H and O–H groups in total. The van der Waals surface area contributed by atoms with Gasteiger partial charge in [-0.1, -0.05) is 0 Å². The van der Waals surface area contributed by atoms with Crippen LogP contribution in [0.1, 0.15) is 23.2 Å². The Labute approximate surface area is 151 Å². The Morgan fingerprint density at radius 2 is 1.77 bits per heavy atom. The van der Waals surface area contributed by atoms with Gasteiger partial charge in [-0.05, 0) is 49.4 Å². The largest absolute Gasteiger partial charge is 0.493 e. The van der Waals surface area contributed by atoms with E-state index in [2.05, 4.69) is 15.5 Å². The molecule has 1 heterocycles. The summed E-state index contributed by atoms with van der Waals surface area (Å²) in [6.45, 7) is 1.91. The number of carbonyl (C=O) groups is 1. The molecule has 0 aliphatic carbocycles. The standard InChI is InChI=1S/C19H19N3O4/c1-12(23)13-4-7-15(8-5-13)20-11-18-21-22-19(26-18)14-6-9-16(24-2)17(10-14)25-3/h4-10,20H,11H2,1-3H3. The van der Waals surface area contributed by atoms with Gasteiger partial charge < -0.3 is 19.2 Å². The second-order valence-corrected chi connectivity index (χ2v) is 5.56. The fraction of sp³-hybridized carbons (Fsp3) is 0.211. The molecule has 0 unspecified atom stereocenters. The van der Waals surface area contributed by atoms with Gasteiger partial charge >= 0.3 is 0 Å². The molecule has 7 nitrogen and oxygen atoms in total. The summed E-state index contributed by atoms with van der Waals surface area (Å²) >= 11 is 0. The normalized spacial score (nSPS) is 10.4. The number of hydrogen-bond acceptors (Lipinski definition) is 7. The highest BCUT2D eigenvalue weighted by Crippen LogP contribution is 2.31. The van der Waals surface area contributed by atoms with Crippen LogP contribution < -0.4 is 14.8 Å². The highest BCUT2D eigenvalue weighted by Gasteiger charge is 2.12. The number of Topliss-reactive ketones (excluding diaryl/α,β-unsaturated/α-hetero) is 1. The molecule has 134 valence electrons. The first-order chi connectivity index (χ1) is 12.6. The lowest BCUT2D eigenvalue weighted by atomic mass is 10.1. The topological polar surface area (TPSA) is 86.5 Å². The van der Waals surface area contributed by atoms with E-state index in [1.54, 1.807) is 38.5 Å². The summed E-state index contributed by atoms with van der Waals surface area (Å²) in [4.78, 5) is 11.3. The summed E-state index contributed by atoms with van der Waals surface area (Å²) in [5.74, 6) is 2.10. The van der Waals surface area contributed by atoms with Gasteiger partial charge in [0.05, 0.1) is 20.8 Å². The van der Waals surface area contributed by atoms with Gasteiger partial charge in [0.25, 0.3) is 0 Å². The van der Waals surface area contributed by atoms with Crippen LogP contribution in [0.2, 0.25) is 0 Å². The van der Waals surface area contributed by atoms with Gasteiger partial charge in [-0.3, -0.25) is 4.79 Å². The second-order valence-electron chi connectivity index (χ2n) is 5.56. The van der Waals surface area contributed by atoms with Crippen LogP contribution in [0, 0.1) is 0 Å². The van der Waals surface area contributed by atoms with Crippen molar-refractivity contribution in [1.29, 1.82) is 0 Å². The predicted octanol–water partition coefficient (Wildman–Crippen LogP) is 3.57. The van der Waals surface area contributed by atoms with Crippen LogP contribution in [0.25, 0.3) is 11.5 Å². The summed E-state index contributed by atoms with van der Waals surface area (Å²) in [6.07, 6.45) is 0. The zero-order chi connectivity index (χ0) is 18.5. The molecule has 0 radical (unpaired) electrons. The predicted molar refractivity (Wildman–Crippen MR) is 96.6 cm³/mol. The number of ketones is 1. The van der Waals surface area contributed by atoms with E-state index in [-0.39, 0.29) is 5.78 Å². The molecule has 26 heavy (non-hydrogen) atoms. The number of rotatable bonds is 7. The van der Waals surface area contributed by atoms with Crippen molar-refractivity contribution in [3.63, 3.8) is 0 Å². The molecular formula is C19H19N3O4. The molecule has 0 aliphatic heterocycles. The number of benzene rings is 2. The molecule has 7 heteroatoms. The number of nitrogens with zero attached hydrogens (tertiary/aromatic N) is 2. The van der Waals surface area contributed by atoms with E-state index >= 15 is 0 Å². The maximum absolute atomic E-state index is 11.3. The summed E-state index contributed by atoms with van der Waals surface area (Å²) < 4.78 is 16.2. The quantitative estimate of drug-likeness (QED) is 0.650. The van der Waals surface area contributed by atoms with Crippen LogP contribution >= 0.6 is 0 Å². The van der Waals surface area contributed by atoms with Crippen molar-refractivity contribution < 1.29 is 18.7 Å². The van der Waals surface area contributed by atoms with Crippen molar-refractivity contribution in [3.05, 3.63) is 53.9 Å². The Bertz CT molecular complexity index is 903. The average Bonchev–Trinajstić information content (AvgIpc) is 3.15. The molecule has 2 aromatic carbocycles. The van der Waals surface area contributed by atoms with E-state index in [1.807, 2.05) is 18.2 Å². The maximum Gasteiger partial charge on any atom is 0.247 e. The number of methoxy groups -OCH3 is 2. The fourth-order valence-corrected chi connectivity index (χ4v) is 2.41. The van der Waals surface area contributed by atoms with Crippen molar-refractivity contribution in [2.24, 2.45) is 0 Å². The Balaban J connectivity index is 1.69. The molecule has 0 amide bonds. The van der Waals surface area contributed by atoms with Gasteiger partial charge in [-0.2, -0.15) is 0 Å². The first kappa shape index (κ1) is 17.5. The molecule has 0 atom stereocenters. The molecule has 0 bridgehead atoms. The van der Waals surface area contributed by atoms with Gasteiger partial charge in [0.15, 0.2) is 17.3 Å². The van der Waals surface area contributed by atoms with E-state index in [9.17, 15) is 4.79 Å². The monoisotopic (exact) mass is 353 g/mol. The van der Waals surface area contributed by atoms with Gasteiger partial charge in [0.2, 0.25) is 11.8 Å². The van der Waals surface area contributed by atoms with Crippen LogP contribution in [0.15, 0.2) is 46.9 Å². The van der Waals surface area contributed by atoms with Gasteiger partial charge in [0.1, 0.15) is 0 Å². The highest BCUT2D eigenvalue weighted by atomic mass is 16.5. The highest BCUT2D eigenvalue weighted by molar-refractivity contribution is 5.94. The van der Waals surface area contributed by atoms with Crippen molar-refractivity contribution >= 4 is 11.5 Å². The number of aromatic nitrogens is 2. The minimum Gasteiger partial charge on any atom is -0.493 e. The molecule has 0 saturated carbocycles. The lowest BCUT2D eigenvalue weighted by molar-refractivity contribution is 0.101. The molecule has 0 fully saturated rings. The van der Waals surface area contributed by atoms with Gasteiger partial charge in [-0.25, -0.2) is 0 Å². The van der Waals surface area contributed by atoms with E-state index < -0.39 is 0 Å². The Hall–Kier alpha value is -3.35. The molecule has 1 aromatic heterocycles. The Morgan fingerprint density at radius 1 is 1.04 bits per heavy atom. The van der Waals surface area contributed by atoms with Crippen LogP contribution in [-0.2, 0) is 6.54 Å². The van der Waals surface area contributed by atoms with Crippen LogP contribution in [-0.4, -0.2) is 30.2 Å². The number of nitrogens with one attached hydrogen (secondary N) is 1. The number of carbonyl (C=O) groups excluding carboxylic acids is 1. The minimum atomic E-state index is 0.0352. The molecule has 3 aromatic rings. The molecule has 0 aliphatic rings. The van der Waals surface area contributed by atoms with E-state index in [0.29, 0.717) is 35.4 Å². The first-order valence-electron chi connectivity index (χ1n) is 8.00. The smallest absolute Gasteiger partial charge is 0.247 e. The third-order valence-electron chi connectivity index (χ3n) is 3.83. The fourth-order valence-electron chi connectivity index (χ4n) is 2.41. The van der Waals surface area contributed by atoms with Crippen LogP contribution in [0.5, 0.6) is 11.5 Å². The SMILES string of the molecule is COc1ccc(-c2nnc(CNc3ccc(C(C)=O)cc3)o2)cc1OC. The third-order valence-corrected chi connectivity index (χ3v) is 3.83. The van der Waals surface area contributed by atoms with Crippen molar-refractivity contribution in [2.45, 2.75) is 13.5 Å². The van der Waals surface area contributed by atoms with Gasteiger partial charge in [-0.15, -0.1) is 10.2 Å². The van der Waals surface area contributed by atoms with E-state index in [4.69, 9.17) is 13.9 Å². The summed E-state index contributed by atoms with van der Waals surface area (Å²) in [6, 6.07) is 12.6. The molecular weight excluding hydrogens is 334 g/mol. The maximum atomic E-state index is 11.3. The number of ether oxygens (including phenoxy) is 2. The molecule has 0 spiro atoms. The molecule has 0 saturated heterocycles. The number of hydrogen-bond donors (Lipinski definition) is 1. The lowest BCUT2D eigenvalue weighted by Gasteiger charge is -2.07. The van der Waals surface area contributed by atoms with E-state index in [0.717, 1.165) is 11.3 Å². The molecule has 3 rings (SSSR count). The van der Waals surface area contributed by atoms with Crippen molar-refractivity contribution in [1.82, 2.24) is 10.2 Å². The lowest BCUT2D eigenvalue weighted by Crippen LogP contribution is -2.00. The van der Waals surface area contributed by atoms with Crippen molar-refractivity contribution in [3.8, 4) is 23.0 Å². The zero-order valence-corrected chi connectivity index (χ0v) is 14.8. The zero-order valence-electron chi connectivity index (χ0n) is 14.8. The summed E-state index contributed by atoms with van der Waals surface area (Å²) in [5, 5.41) is 11.3. The summed E-state index contributed by atoms with van der Waals surface area (Å²) in [5.41, 5.74) is 2.28.